The first-order valence-electron chi connectivity index (χ1n) is 13.3. The molecule has 0 radical (unpaired) electrons. The van der Waals surface area contributed by atoms with E-state index in [1.807, 2.05) is 6.07 Å². The van der Waals surface area contributed by atoms with Crippen LogP contribution in [-0.4, -0.2) is 79.7 Å². The largest absolute Gasteiger partial charge is 0.443 e. The number of nitrogens with one attached hydrogen (secondary N) is 1. The molecule has 41 heavy (non-hydrogen) atoms. The summed E-state index contributed by atoms with van der Waals surface area (Å²) in [6, 6.07) is 10.4. The first-order chi connectivity index (χ1) is 19.5. The van der Waals surface area contributed by atoms with E-state index < -0.39 is 68.5 Å². The van der Waals surface area contributed by atoms with Gasteiger partial charge in [-0.05, 0) is 30.4 Å². The Kier molecular flexibility index (Phi) is 9.92. The summed E-state index contributed by atoms with van der Waals surface area (Å²) in [5.74, 6) is -1.57. The second kappa shape index (κ2) is 13.2. The van der Waals surface area contributed by atoms with E-state index in [1.165, 1.54) is 0 Å². The van der Waals surface area contributed by atoms with E-state index in [0.717, 1.165) is 22.0 Å². The van der Waals surface area contributed by atoms with Crippen molar-refractivity contribution in [3.05, 3.63) is 70.0 Å². The van der Waals surface area contributed by atoms with Crippen molar-refractivity contribution in [1.82, 2.24) is 9.62 Å². The van der Waals surface area contributed by atoms with Gasteiger partial charge in [0.15, 0.2) is 6.29 Å². The topological polar surface area (TPSA) is 158 Å². The molecule has 2 N–H and O–H groups in total. The number of hydrogen-bond acceptors (Lipinski definition) is 9. The van der Waals surface area contributed by atoms with Crippen LogP contribution in [0.4, 0.5) is 14.9 Å². The lowest BCUT2D eigenvalue weighted by atomic mass is 10.0. The first-order valence-corrected chi connectivity index (χ1v) is 14.8. The van der Waals surface area contributed by atoms with Crippen LogP contribution in [0.3, 0.4) is 0 Å². The molecular formula is C27H34FN3O9S. The Hall–Kier alpha value is -3.17. The number of nitro benzene ring substituents is 1. The molecule has 0 spiro atoms. The predicted octanol–water partition coefficient (Wildman–Crippen LogP) is 2.84. The van der Waals surface area contributed by atoms with Crippen LogP contribution in [0.1, 0.15) is 25.8 Å². The maximum absolute atomic E-state index is 14.3. The Morgan fingerprint density at radius 2 is 1.95 bits per heavy atom. The van der Waals surface area contributed by atoms with Crippen molar-refractivity contribution in [3.63, 3.8) is 0 Å². The van der Waals surface area contributed by atoms with Gasteiger partial charge in [-0.2, -0.15) is 8.70 Å². The number of alkyl carbamates (subject to hydrolysis) is 1. The van der Waals surface area contributed by atoms with E-state index in [1.54, 1.807) is 38.1 Å². The molecule has 2 fully saturated rings. The highest BCUT2D eigenvalue weighted by molar-refractivity contribution is 7.89. The number of benzene rings is 2. The Balaban J connectivity index is 1.54. The number of aliphatic hydroxyl groups excluding tert-OH is 1. The molecule has 2 aliphatic rings. The number of ether oxygens (including phenoxy) is 3. The molecule has 1 amide bonds. The summed E-state index contributed by atoms with van der Waals surface area (Å²) in [5.41, 5.74) is -0.0748. The van der Waals surface area contributed by atoms with Crippen molar-refractivity contribution in [1.29, 1.82) is 0 Å². The second-order valence-electron chi connectivity index (χ2n) is 10.6. The fourth-order valence-electron chi connectivity index (χ4n) is 4.98. The Bertz CT molecular complexity index is 1330. The Morgan fingerprint density at radius 1 is 1.22 bits per heavy atom. The molecule has 0 bridgehead atoms. The number of nitro groups is 1. The van der Waals surface area contributed by atoms with Gasteiger partial charge in [0.05, 0.1) is 41.1 Å². The Labute approximate surface area is 237 Å². The zero-order valence-corrected chi connectivity index (χ0v) is 23.5. The lowest BCUT2D eigenvalue weighted by molar-refractivity contribution is -0.387. The molecule has 4 rings (SSSR count). The maximum Gasteiger partial charge on any atom is 0.407 e. The van der Waals surface area contributed by atoms with E-state index in [-0.39, 0.29) is 31.4 Å². The lowest BCUT2D eigenvalue weighted by Crippen LogP contribution is -2.51. The molecule has 12 nitrogen and oxygen atoms in total. The minimum Gasteiger partial charge on any atom is -0.443 e. The van der Waals surface area contributed by atoms with E-state index in [2.05, 4.69) is 5.32 Å². The fourth-order valence-corrected chi connectivity index (χ4v) is 6.61. The number of halogens is 1. The average Bonchev–Trinajstić information content (AvgIpc) is 3.53. The molecule has 5 atom stereocenters. The molecule has 2 heterocycles. The summed E-state index contributed by atoms with van der Waals surface area (Å²) < 4.78 is 58.9. The monoisotopic (exact) mass is 595 g/mol. The van der Waals surface area contributed by atoms with Gasteiger partial charge >= 0.3 is 11.8 Å². The van der Waals surface area contributed by atoms with Crippen molar-refractivity contribution < 1.29 is 41.8 Å². The third kappa shape index (κ3) is 7.57. The number of sulfonamides is 1. The molecular weight excluding hydrogens is 561 g/mol. The van der Waals surface area contributed by atoms with Gasteiger partial charge in [0.25, 0.3) is 0 Å². The van der Waals surface area contributed by atoms with Crippen LogP contribution in [-0.2, 0) is 30.7 Å². The van der Waals surface area contributed by atoms with Crippen LogP contribution in [0, 0.1) is 27.8 Å². The average molecular weight is 596 g/mol. The summed E-state index contributed by atoms with van der Waals surface area (Å²) >= 11 is 0. The number of carbonyl (C=O) groups is 1. The Morgan fingerprint density at radius 3 is 2.61 bits per heavy atom. The summed E-state index contributed by atoms with van der Waals surface area (Å²) in [7, 11) is -4.38. The normalized spacial score (nSPS) is 22.0. The zero-order valence-electron chi connectivity index (χ0n) is 22.7. The molecule has 2 aromatic rings. The molecule has 2 saturated heterocycles. The van der Waals surface area contributed by atoms with Crippen molar-refractivity contribution in [3.8, 4) is 0 Å². The van der Waals surface area contributed by atoms with Crippen LogP contribution in [0.25, 0.3) is 0 Å². The summed E-state index contributed by atoms with van der Waals surface area (Å²) in [6.45, 7) is 3.74. The highest BCUT2D eigenvalue weighted by Gasteiger charge is 2.44. The molecule has 2 aromatic carbocycles. The van der Waals surface area contributed by atoms with Crippen LogP contribution in [0.5, 0.6) is 0 Å². The predicted molar refractivity (Wildman–Crippen MR) is 144 cm³/mol. The van der Waals surface area contributed by atoms with E-state index in [4.69, 9.17) is 14.2 Å². The summed E-state index contributed by atoms with van der Waals surface area (Å²) in [4.78, 5) is 22.5. The number of nitrogens with zero attached hydrogens (tertiary/aromatic N) is 2. The molecule has 0 aromatic heterocycles. The smallest absolute Gasteiger partial charge is 0.407 e. The standard InChI is InChI=1S/C27H34FN3O9S/c1-17(2)14-30(41(36,37)19-8-9-23(31(34)35)21(28)13-19)15-24(32)22(12-18-6-4-3-5-7-18)29-27(33)40-25-16-39-26-20(25)10-11-38-26/h3-9,13,17,20,22,24-26,32H,10-12,14-16H2,1-2H3,(H,29,33)/t20-,22-,24+,25-,26?/m0/s1. The zero-order chi connectivity index (χ0) is 29.7. The van der Waals surface area contributed by atoms with E-state index in [9.17, 15) is 32.8 Å². The van der Waals surface area contributed by atoms with Gasteiger partial charge in [-0.1, -0.05) is 44.2 Å². The van der Waals surface area contributed by atoms with Gasteiger partial charge in [-0.25, -0.2) is 13.2 Å². The molecule has 0 saturated carbocycles. The van der Waals surface area contributed by atoms with Crippen LogP contribution >= 0.6 is 0 Å². The number of aliphatic hydroxyl groups is 1. The number of rotatable bonds is 12. The van der Waals surface area contributed by atoms with Crippen molar-refractivity contribution >= 4 is 21.8 Å². The number of fused-ring (bicyclic) bond motifs is 1. The quantitative estimate of drug-likeness (QED) is 0.278. The summed E-state index contributed by atoms with van der Waals surface area (Å²) in [5, 5.41) is 25.0. The minimum absolute atomic E-state index is 0.0387. The van der Waals surface area contributed by atoms with Gasteiger partial charge in [-0.15, -0.1) is 0 Å². The SMILES string of the molecule is CC(C)CN(C[C@@H](O)[C@H](Cc1ccccc1)NC(=O)O[C@H]1COC2OCC[C@H]21)S(=O)(=O)c1ccc([N+](=O)[O-])c(F)c1. The van der Waals surface area contributed by atoms with Crippen molar-refractivity contribution in [2.75, 3.05) is 26.3 Å². The van der Waals surface area contributed by atoms with Gasteiger partial charge < -0.3 is 24.6 Å². The molecule has 224 valence electrons. The molecule has 14 heteroatoms. The van der Waals surface area contributed by atoms with Crippen LogP contribution in [0.15, 0.2) is 53.4 Å². The highest BCUT2D eigenvalue weighted by atomic mass is 32.2. The minimum atomic E-state index is -4.38. The molecule has 0 aliphatic carbocycles. The number of amides is 1. The van der Waals surface area contributed by atoms with Gasteiger partial charge in [0, 0.05) is 25.2 Å². The maximum atomic E-state index is 14.3. The number of hydrogen-bond donors (Lipinski definition) is 2. The summed E-state index contributed by atoms with van der Waals surface area (Å²) in [6.07, 6.45) is -2.29. The van der Waals surface area contributed by atoms with Gasteiger partial charge in [0.2, 0.25) is 15.8 Å². The van der Waals surface area contributed by atoms with Crippen LogP contribution < -0.4 is 5.32 Å². The molecule has 2 aliphatic heterocycles. The lowest BCUT2D eigenvalue weighted by Gasteiger charge is -2.31. The first kappa shape index (κ1) is 30.8. The third-order valence-electron chi connectivity index (χ3n) is 7.02. The fraction of sp³-hybridized carbons (Fsp3) is 0.519. The number of carbonyl (C=O) groups excluding carboxylic acids is 1. The van der Waals surface area contributed by atoms with Crippen molar-refractivity contribution in [2.24, 2.45) is 11.8 Å². The van der Waals surface area contributed by atoms with Gasteiger partial charge in [-0.3, -0.25) is 10.1 Å². The second-order valence-corrected chi connectivity index (χ2v) is 12.5. The van der Waals surface area contributed by atoms with E-state index >= 15 is 0 Å². The third-order valence-corrected chi connectivity index (χ3v) is 8.85. The van der Waals surface area contributed by atoms with Crippen molar-refractivity contribution in [2.45, 2.75) is 56.1 Å². The molecule has 1 unspecified atom stereocenters. The van der Waals surface area contributed by atoms with Gasteiger partial charge in [0.1, 0.15) is 6.10 Å². The van der Waals surface area contributed by atoms with Crippen LogP contribution in [0.2, 0.25) is 0 Å². The highest BCUT2D eigenvalue weighted by Crippen LogP contribution is 2.33. The van der Waals surface area contributed by atoms with E-state index in [0.29, 0.717) is 19.1 Å².